The van der Waals surface area contributed by atoms with Crippen molar-refractivity contribution in [3.05, 3.63) is 0 Å². The maximum atomic E-state index is 12.3. The number of carbonyl (C=O) groups excluding carboxylic acids is 1. The number of hydrogen-bond donors (Lipinski definition) is 2. The van der Waals surface area contributed by atoms with Gasteiger partial charge in [0.05, 0.1) is 44.1 Å². The largest absolute Gasteiger partial charge is 0.388 e. The van der Waals surface area contributed by atoms with Gasteiger partial charge in [-0.25, -0.2) is 0 Å². The summed E-state index contributed by atoms with van der Waals surface area (Å²) in [5.41, 5.74) is -0.591. The van der Waals surface area contributed by atoms with Crippen LogP contribution in [0, 0.1) is 0 Å². The van der Waals surface area contributed by atoms with E-state index in [1.165, 1.54) is 0 Å². The van der Waals surface area contributed by atoms with Crippen molar-refractivity contribution in [2.45, 2.75) is 31.5 Å². The summed E-state index contributed by atoms with van der Waals surface area (Å²) in [5, 5.41) is 12.5. The number of nitrogens with one attached hydrogen (secondary N) is 1. The van der Waals surface area contributed by atoms with Crippen molar-refractivity contribution < 1.29 is 19.4 Å². The first kappa shape index (κ1) is 13.7. The van der Waals surface area contributed by atoms with Gasteiger partial charge in [-0.3, -0.25) is 9.69 Å². The fourth-order valence-corrected chi connectivity index (χ4v) is 2.29. The fraction of sp³-hybridized carbons (Fsp3) is 0.917. The summed E-state index contributed by atoms with van der Waals surface area (Å²) in [6.07, 6.45) is -0.602. The third-order valence-electron chi connectivity index (χ3n) is 3.72. The summed E-state index contributed by atoms with van der Waals surface area (Å²) in [5.74, 6) is -0.0704. The molecular formula is C12H22N2O4. The number of ether oxygens (including phenoxy) is 2. The third kappa shape index (κ3) is 2.83. The minimum atomic E-state index is -0.602. The Labute approximate surface area is 107 Å². The molecule has 2 atom stereocenters. The van der Waals surface area contributed by atoms with Crippen LogP contribution in [-0.4, -0.2) is 73.1 Å². The smallest absolute Gasteiger partial charge is 0.240 e. The number of hydrogen-bond acceptors (Lipinski definition) is 5. The lowest BCUT2D eigenvalue weighted by Crippen LogP contribution is -2.60. The quantitative estimate of drug-likeness (QED) is 0.677. The fourth-order valence-electron chi connectivity index (χ4n) is 2.29. The second kappa shape index (κ2) is 5.52. The van der Waals surface area contributed by atoms with E-state index in [1.807, 2.05) is 13.8 Å². The van der Waals surface area contributed by atoms with Crippen LogP contribution < -0.4 is 5.32 Å². The van der Waals surface area contributed by atoms with E-state index in [4.69, 9.17) is 9.47 Å². The van der Waals surface area contributed by atoms with Crippen molar-refractivity contribution in [2.24, 2.45) is 0 Å². The van der Waals surface area contributed by atoms with Crippen LogP contribution in [0.25, 0.3) is 0 Å². The number of carbonyl (C=O) groups is 1. The zero-order valence-electron chi connectivity index (χ0n) is 11.0. The van der Waals surface area contributed by atoms with Crippen molar-refractivity contribution in [2.75, 3.05) is 39.5 Å². The Morgan fingerprint density at radius 3 is 2.50 bits per heavy atom. The topological polar surface area (TPSA) is 71.0 Å². The molecule has 6 heteroatoms. The third-order valence-corrected chi connectivity index (χ3v) is 3.72. The van der Waals surface area contributed by atoms with E-state index < -0.39 is 11.6 Å². The number of nitrogens with zero attached hydrogens (tertiary/aromatic N) is 1. The lowest BCUT2D eigenvalue weighted by molar-refractivity contribution is -0.135. The van der Waals surface area contributed by atoms with Crippen molar-refractivity contribution in [3.63, 3.8) is 0 Å². The molecule has 0 aromatic rings. The van der Waals surface area contributed by atoms with Crippen molar-refractivity contribution in [1.82, 2.24) is 10.2 Å². The number of rotatable bonds is 3. The van der Waals surface area contributed by atoms with E-state index in [9.17, 15) is 9.90 Å². The van der Waals surface area contributed by atoms with Crippen LogP contribution in [0.2, 0.25) is 0 Å². The maximum Gasteiger partial charge on any atom is 0.240 e. The van der Waals surface area contributed by atoms with Crippen LogP contribution in [0.4, 0.5) is 0 Å². The Morgan fingerprint density at radius 1 is 1.28 bits per heavy atom. The van der Waals surface area contributed by atoms with E-state index in [2.05, 4.69) is 10.2 Å². The molecule has 2 heterocycles. The van der Waals surface area contributed by atoms with Gasteiger partial charge in [0.25, 0.3) is 0 Å². The van der Waals surface area contributed by atoms with Gasteiger partial charge >= 0.3 is 0 Å². The van der Waals surface area contributed by atoms with Crippen LogP contribution >= 0.6 is 0 Å². The van der Waals surface area contributed by atoms with Crippen molar-refractivity contribution in [1.29, 1.82) is 0 Å². The average Bonchev–Trinajstić information content (AvgIpc) is 2.76. The number of aliphatic hydroxyl groups excluding tert-OH is 1. The standard InChI is InChI=1S/C12H22N2O4/c1-12(2,14-3-5-17-6-4-14)11(16)13-9-7-18-8-10(9)15/h9-10,15H,3-8H2,1-2H3,(H,13,16)/t9-,10-/m0/s1. The van der Waals surface area contributed by atoms with Gasteiger partial charge in [0.15, 0.2) is 0 Å². The van der Waals surface area contributed by atoms with Crippen molar-refractivity contribution in [3.8, 4) is 0 Å². The van der Waals surface area contributed by atoms with Gasteiger partial charge in [-0.2, -0.15) is 0 Å². The lowest BCUT2D eigenvalue weighted by Gasteiger charge is -2.40. The van der Waals surface area contributed by atoms with E-state index in [1.54, 1.807) is 0 Å². The van der Waals surface area contributed by atoms with E-state index in [0.717, 1.165) is 13.1 Å². The molecule has 2 saturated heterocycles. The summed E-state index contributed by atoms with van der Waals surface area (Å²) in [6, 6.07) is -0.294. The highest BCUT2D eigenvalue weighted by Crippen LogP contribution is 2.17. The minimum absolute atomic E-state index is 0.0704. The Kier molecular flexibility index (Phi) is 4.21. The molecule has 0 spiro atoms. The molecule has 0 aromatic heterocycles. The van der Waals surface area contributed by atoms with Crippen LogP contribution in [0.3, 0.4) is 0 Å². The second-order valence-electron chi connectivity index (χ2n) is 5.34. The Balaban J connectivity index is 1.93. The van der Waals surface area contributed by atoms with Gasteiger partial charge in [0, 0.05) is 13.1 Å². The molecule has 18 heavy (non-hydrogen) atoms. The molecule has 2 fully saturated rings. The maximum absolute atomic E-state index is 12.3. The SMILES string of the molecule is CC(C)(C(=O)N[C@H]1COC[C@@H]1O)N1CCOCC1. The Bertz CT molecular complexity index is 302. The molecule has 0 aromatic carbocycles. The minimum Gasteiger partial charge on any atom is -0.388 e. The number of amides is 1. The van der Waals surface area contributed by atoms with E-state index >= 15 is 0 Å². The summed E-state index contributed by atoms with van der Waals surface area (Å²) < 4.78 is 10.4. The van der Waals surface area contributed by atoms with Crippen LogP contribution in [-0.2, 0) is 14.3 Å². The van der Waals surface area contributed by atoms with E-state index in [0.29, 0.717) is 26.4 Å². The first-order valence-electron chi connectivity index (χ1n) is 6.41. The highest BCUT2D eigenvalue weighted by atomic mass is 16.5. The molecule has 2 aliphatic rings. The number of aliphatic hydroxyl groups is 1. The molecule has 104 valence electrons. The van der Waals surface area contributed by atoms with Gasteiger partial charge in [0.1, 0.15) is 0 Å². The van der Waals surface area contributed by atoms with Gasteiger partial charge < -0.3 is 19.9 Å². The van der Waals surface area contributed by atoms with Crippen molar-refractivity contribution >= 4 is 5.91 Å². The molecule has 0 saturated carbocycles. The Hall–Kier alpha value is -0.690. The van der Waals surface area contributed by atoms with Gasteiger partial charge in [-0.1, -0.05) is 0 Å². The molecular weight excluding hydrogens is 236 g/mol. The molecule has 0 bridgehead atoms. The monoisotopic (exact) mass is 258 g/mol. The summed E-state index contributed by atoms with van der Waals surface area (Å²) in [4.78, 5) is 14.4. The van der Waals surface area contributed by atoms with Crippen LogP contribution in [0.5, 0.6) is 0 Å². The molecule has 1 amide bonds. The van der Waals surface area contributed by atoms with Crippen LogP contribution in [0.15, 0.2) is 0 Å². The average molecular weight is 258 g/mol. The molecule has 6 nitrogen and oxygen atoms in total. The van der Waals surface area contributed by atoms with E-state index in [-0.39, 0.29) is 11.9 Å². The molecule has 0 radical (unpaired) electrons. The molecule has 0 aliphatic carbocycles. The predicted octanol–water partition coefficient (Wildman–Crippen LogP) is -1.03. The second-order valence-corrected chi connectivity index (χ2v) is 5.34. The van der Waals surface area contributed by atoms with Gasteiger partial charge in [-0.15, -0.1) is 0 Å². The first-order chi connectivity index (χ1) is 8.51. The summed E-state index contributed by atoms with van der Waals surface area (Å²) >= 11 is 0. The zero-order valence-corrected chi connectivity index (χ0v) is 11.0. The van der Waals surface area contributed by atoms with Gasteiger partial charge in [0.2, 0.25) is 5.91 Å². The predicted molar refractivity (Wildman–Crippen MR) is 65.2 cm³/mol. The molecule has 2 rings (SSSR count). The first-order valence-corrected chi connectivity index (χ1v) is 6.41. The number of morpholine rings is 1. The highest BCUT2D eigenvalue weighted by Gasteiger charge is 2.38. The highest BCUT2D eigenvalue weighted by molar-refractivity contribution is 5.85. The van der Waals surface area contributed by atoms with Gasteiger partial charge in [-0.05, 0) is 13.8 Å². The summed E-state index contributed by atoms with van der Waals surface area (Å²) in [6.45, 7) is 7.30. The molecule has 0 unspecified atom stereocenters. The summed E-state index contributed by atoms with van der Waals surface area (Å²) in [7, 11) is 0. The zero-order chi connectivity index (χ0) is 13.2. The lowest BCUT2D eigenvalue weighted by atomic mass is 10.00. The molecule has 2 aliphatic heterocycles. The normalized spacial score (nSPS) is 30.4. The Morgan fingerprint density at radius 2 is 1.94 bits per heavy atom. The van der Waals surface area contributed by atoms with Crippen LogP contribution in [0.1, 0.15) is 13.8 Å². The molecule has 2 N–H and O–H groups in total.